The highest BCUT2D eigenvalue weighted by atomic mass is 35.5. The lowest BCUT2D eigenvalue weighted by Crippen LogP contribution is -2.38. The van der Waals surface area contributed by atoms with Crippen LogP contribution in [0.25, 0.3) is 0 Å². The van der Waals surface area contributed by atoms with Crippen LogP contribution in [-0.2, 0) is 4.79 Å². The molecule has 2 rings (SSSR count). The quantitative estimate of drug-likeness (QED) is 0.492. The van der Waals surface area contributed by atoms with E-state index in [0.29, 0.717) is 22.2 Å². The molecule has 1 heterocycles. The van der Waals surface area contributed by atoms with Gasteiger partial charge in [0, 0.05) is 12.1 Å². The number of carbonyl (C=O) groups is 1. The minimum Gasteiger partial charge on any atom is -0.358 e. The molecule has 1 saturated carbocycles. The largest absolute Gasteiger partial charge is 0.358 e. The Labute approximate surface area is 115 Å². The van der Waals surface area contributed by atoms with Gasteiger partial charge in [0.2, 0.25) is 5.91 Å². The number of aromatic nitrogens is 2. The van der Waals surface area contributed by atoms with E-state index < -0.39 is 0 Å². The predicted octanol–water partition coefficient (Wildman–Crippen LogP) is 1.93. The van der Waals surface area contributed by atoms with Crippen LogP contribution < -0.4 is 10.6 Å². The first-order valence-electron chi connectivity index (χ1n) is 5.74. The molecule has 0 saturated heterocycles. The zero-order chi connectivity index (χ0) is 13.1. The number of carbonyl (C=O) groups excluding carboxylic acids is 1. The van der Waals surface area contributed by atoms with Gasteiger partial charge in [-0.15, -0.1) is 0 Å². The molecule has 1 fully saturated rings. The van der Waals surface area contributed by atoms with Crippen LogP contribution in [0.4, 0.5) is 5.82 Å². The van der Waals surface area contributed by atoms with Crippen molar-refractivity contribution in [1.82, 2.24) is 15.3 Å². The molecule has 1 aliphatic rings. The lowest BCUT2D eigenvalue weighted by atomic mass is 10.3. The summed E-state index contributed by atoms with van der Waals surface area (Å²) in [6, 6.07) is 1.63. The summed E-state index contributed by atoms with van der Waals surface area (Å²) in [6.07, 6.45) is 4.03. The second-order valence-corrected chi connectivity index (χ2v) is 5.37. The molecule has 1 unspecified atom stereocenters. The van der Waals surface area contributed by atoms with Crippen LogP contribution in [0.1, 0.15) is 19.8 Å². The van der Waals surface area contributed by atoms with Crippen LogP contribution in [0, 0.1) is 0 Å². The SMILES string of the molecule is CSc1nc(Cl)cc(NC(C)C(=O)NC2CC2)n1. The van der Waals surface area contributed by atoms with Crippen molar-refractivity contribution < 1.29 is 4.79 Å². The second kappa shape index (κ2) is 5.75. The summed E-state index contributed by atoms with van der Waals surface area (Å²) in [7, 11) is 0. The molecule has 0 bridgehead atoms. The van der Waals surface area contributed by atoms with Crippen molar-refractivity contribution in [2.24, 2.45) is 0 Å². The summed E-state index contributed by atoms with van der Waals surface area (Å²) >= 11 is 7.29. The Hall–Kier alpha value is -1.01. The van der Waals surface area contributed by atoms with Crippen molar-refractivity contribution >= 4 is 35.1 Å². The molecule has 7 heteroatoms. The number of amides is 1. The number of nitrogens with zero attached hydrogens (tertiary/aromatic N) is 2. The molecule has 1 aromatic rings. The Morgan fingerprint density at radius 3 is 2.89 bits per heavy atom. The number of thioether (sulfide) groups is 1. The lowest BCUT2D eigenvalue weighted by Gasteiger charge is -2.14. The third-order valence-corrected chi connectivity index (χ3v) is 3.28. The number of rotatable bonds is 5. The number of nitrogens with one attached hydrogen (secondary N) is 2. The summed E-state index contributed by atoms with van der Waals surface area (Å²) in [5.41, 5.74) is 0. The summed E-state index contributed by atoms with van der Waals surface area (Å²) in [6.45, 7) is 1.80. The Kier molecular flexibility index (Phi) is 4.29. The minimum absolute atomic E-state index is 0.0158. The van der Waals surface area contributed by atoms with Crippen LogP contribution >= 0.6 is 23.4 Å². The van der Waals surface area contributed by atoms with Crippen molar-refractivity contribution in [3.05, 3.63) is 11.2 Å². The normalized spacial score (nSPS) is 16.2. The van der Waals surface area contributed by atoms with Gasteiger partial charge >= 0.3 is 0 Å². The lowest BCUT2D eigenvalue weighted by molar-refractivity contribution is -0.121. The number of anilines is 1. The predicted molar refractivity (Wildman–Crippen MR) is 73.1 cm³/mol. The molecule has 2 N–H and O–H groups in total. The van der Waals surface area contributed by atoms with E-state index in [0.717, 1.165) is 12.8 Å². The van der Waals surface area contributed by atoms with Crippen molar-refractivity contribution in [2.45, 2.75) is 37.0 Å². The standard InChI is InChI=1S/C11H15ClN4OS/c1-6(10(17)14-7-3-4-7)13-9-5-8(12)15-11(16-9)18-2/h5-7H,3-4H2,1-2H3,(H,14,17)(H,13,15,16). The Morgan fingerprint density at radius 1 is 1.56 bits per heavy atom. The van der Waals surface area contributed by atoms with Gasteiger partial charge in [0.05, 0.1) is 0 Å². The highest BCUT2D eigenvalue weighted by molar-refractivity contribution is 7.98. The van der Waals surface area contributed by atoms with E-state index in [1.807, 2.05) is 6.26 Å². The molecule has 0 radical (unpaired) electrons. The third kappa shape index (κ3) is 3.74. The maximum absolute atomic E-state index is 11.8. The molecule has 1 aromatic heterocycles. The highest BCUT2D eigenvalue weighted by Crippen LogP contribution is 2.20. The fourth-order valence-corrected chi connectivity index (χ4v) is 2.02. The van der Waals surface area contributed by atoms with Gasteiger partial charge < -0.3 is 10.6 Å². The molecule has 1 amide bonds. The van der Waals surface area contributed by atoms with Gasteiger partial charge in [0.1, 0.15) is 17.0 Å². The molecular weight excluding hydrogens is 272 g/mol. The number of halogens is 1. The van der Waals surface area contributed by atoms with E-state index in [-0.39, 0.29) is 11.9 Å². The average molecular weight is 287 g/mol. The first kappa shape index (κ1) is 13.4. The maximum atomic E-state index is 11.8. The fraction of sp³-hybridized carbons (Fsp3) is 0.545. The van der Waals surface area contributed by atoms with Gasteiger partial charge in [-0.2, -0.15) is 0 Å². The summed E-state index contributed by atoms with van der Waals surface area (Å²) < 4.78 is 0. The molecule has 18 heavy (non-hydrogen) atoms. The van der Waals surface area contributed by atoms with Crippen molar-refractivity contribution in [3.63, 3.8) is 0 Å². The smallest absolute Gasteiger partial charge is 0.242 e. The monoisotopic (exact) mass is 286 g/mol. The molecule has 0 spiro atoms. The van der Waals surface area contributed by atoms with Crippen LogP contribution in [-0.4, -0.2) is 34.2 Å². The zero-order valence-electron chi connectivity index (χ0n) is 10.2. The van der Waals surface area contributed by atoms with E-state index in [1.165, 1.54) is 11.8 Å². The number of hydrogen-bond donors (Lipinski definition) is 2. The van der Waals surface area contributed by atoms with E-state index in [9.17, 15) is 4.79 Å². The molecule has 1 aliphatic carbocycles. The number of hydrogen-bond acceptors (Lipinski definition) is 5. The maximum Gasteiger partial charge on any atom is 0.242 e. The van der Waals surface area contributed by atoms with Crippen molar-refractivity contribution in [2.75, 3.05) is 11.6 Å². The molecule has 98 valence electrons. The van der Waals surface area contributed by atoms with Crippen LogP contribution in [0.2, 0.25) is 5.15 Å². The molecular formula is C11H15ClN4OS. The minimum atomic E-state index is -0.341. The van der Waals surface area contributed by atoms with E-state index in [2.05, 4.69) is 20.6 Å². The van der Waals surface area contributed by atoms with E-state index in [1.54, 1.807) is 13.0 Å². The summed E-state index contributed by atoms with van der Waals surface area (Å²) in [4.78, 5) is 20.1. The molecule has 1 atom stereocenters. The molecule has 0 aliphatic heterocycles. The average Bonchev–Trinajstić information content (AvgIpc) is 3.11. The van der Waals surface area contributed by atoms with Crippen molar-refractivity contribution in [3.8, 4) is 0 Å². The van der Waals surface area contributed by atoms with Gasteiger partial charge in [-0.25, -0.2) is 9.97 Å². The van der Waals surface area contributed by atoms with Crippen LogP contribution in [0.5, 0.6) is 0 Å². The van der Waals surface area contributed by atoms with Crippen LogP contribution in [0.15, 0.2) is 11.2 Å². The topological polar surface area (TPSA) is 66.9 Å². The van der Waals surface area contributed by atoms with Gasteiger partial charge in [-0.05, 0) is 26.0 Å². The third-order valence-electron chi connectivity index (χ3n) is 2.54. The Balaban J connectivity index is 1.98. The molecule has 5 nitrogen and oxygen atoms in total. The van der Waals surface area contributed by atoms with Gasteiger partial charge in [-0.1, -0.05) is 23.4 Å². The van der Waals surface area contributed by atoms with E-state index in [4.69, 9.17) is 11.6 Å². The zero-order valence-corrected chi connectivity index (χ0v) is 11.8. The first-order chi connectivity index (χ1) is 8.58. The van der Waals surface area contributed by atoms with E-state index >= 15 is 0 Å². The van der Waals surface area contributed by atoms with Gasteiger partial charge in [-0.3, -0.25) is 4.79 Å². The van der Waals surface area contributed by atoms with Crippen molar-refractivity contribution in [1.29, 1.82) is 0 Å². The van der Waals surface area contributed by atoms with Crippen LogP contribution in [0.3, 0.4) is 0 Å². The Morgan fingerprint density at radius 2 is 2.28 bits per heavy atom. The van der Waals surface area contributed by atoms with Gasteiger partial charge in [0.15, 0.2) is 5.16 Å². The van der Waals surface area contributed by atoms with Gasteiger partial charge in [0.25, 0.3) is 0 Å². The summed E-state index contributed by atoms with van der Waals surface area (Å²) in [5.74, 6) is 0.552. The Bertz CT molecular complexity index is 453. The highest BCUT2D eigenvalue weighted by Gasteiger charge is 2.25. The summed E-state index contributed by atoms with van der Waals surface area (Å²) in [5, 5.41) is 6.91. The molecule has 0 aromatic carbocycles. The second-order valence-electron chi connectivity index (χ2n) is 4.21. The first-order valence-corrected chi connectivity index (χ1v) is 7.34. The fourth-order valence-electron chi connectivity index (χ4n) is 1.40.